The minimum Gasteiger partial charge on any atom is -0.171 e. The van der Waals surface area contributed by atoms with Crippen LogP contribution in [0.25, 0.3) is 0 Å². The molecule has 2 rings (SSSR count). The summed E-state index contributed by atoms with van der Waals surface area (Å²) in [7, 11) is 0. The fourth-order valence-electron chi connectivity index (χ4n) is 4.41. The molecule has 0 unspecified atom stereocenters. The SMILES string of the molecule is CC1CCC(C(CC(F)(F)F)C2CCC(C)CC2)CC1. The summed E-state index contributed by atoms with van der Waals surface area (Å²) in [6.07, 6.45) is 4.07. The van der Waals surface area contributed by atoms with Gasteiger partial charge in [0.05, 0.1) is 0 Å². The third-order valence-electron chi connectivity index (χ3n) is 5.80. The average Bonchev–Trinajstić information content (AvgIpc) is 2.37. The summed E-state index contributed by atoms with van der Waals surface area (Å²) in [5.41, 5.74) is 0. The lowest BCUT2D eigenvalue weighted by Crippen LogP contribution is -2.33. The largest absolute Gasteiger partial charge is 0.389 e. The van der Waals surface area contributed by atoms with Crippen LogP contribution >= 0.6 is 0 Å². The summed E-state index contributed by atoms with van der Waals surface area (Å²) < 4.78 is 38.9. The second kappa shape index (κ2) is 6.70. The molecule has 2 saturated carbocycles. The molecule has 0 spiro atoms. The highest BCUT2D eigenvalue weighted by Gasteiger charge is 2.40. The Balaban J connectivity index is 2.00. The first-order valence-electron chi connectivity index (χ1n) is 8.42. The van der Waals surface area contributed by atoms with Crippen molar-refractivity contribution in [2.45, 2.75) is 77.8 Å². The Labute approximate surface area is 121 Å². The quantitative estimate of drug-likeness (QED) is 0.580. The van der Waals surface area contributed by atoms with Crippen molar-refractivity contribution in [3.8, 4) is 0 Å². The van der Waals surface area contributed by atoms with Gasteiger partial charge in [-0.3, -0.25) is 0 Å². The molecule has 0 saturated heterocycles. The number of hydrogen-bond donors (Lipinski definition) is 0. The van der Waals surface area contributed by atoms with E-state index in [1.54, 1.807) is 0 Å². The van der Waals surface area contributed by atoms with Crippen molar-refractivity contribution in [3.05, 3.63) is 0 Å². The van der Waals surface area contributed by atoms with Gasteiger partial charge in [0.15, 0.2) is 0 Å². The van der Waals surface area contributed by atoms with Gasteiger partial charge in [-0.05, 0) is 55.3 Å². The Hall–Kier alpha value is -0.210. The normalized spacial score (nSPS) is 37.6. The van der Waals surface area contributed by atoms with Crippen LogP contribution in [0.1, 0.15) is 71.6 Å². The van der Waals surface area contributed by atoms with Gasteiger partial charge in [0, 0.05) is 6.42 Å². The first-order chi connectivity index (χ1) is 9.35. The van der Waals surface area contributed by atoms with E-state index < -0.39 is 12.6 Å². The van der Waals surface area contributed by atoms with Crippen LogP contribution in [0.3, 0.4) is 0 Å². The number of hydrogen-bond acceptors (Lipinski definition) is 0. The van der Waals surface area contributed by atoms with Crippen molar-refractivity contribution in [3.63, 3.8) is 0 Å². The van der Waals surface area contributed by atoms with E-state index >= 15 is 0 Å². The van der Waals surface area contributed by atoms with Crippen LogP contribution in [0.2, 0.25) is 0 Å². The molecule has 20 heavy (non-hydrogen) atoms. The minimum atomic E-state index is -3.99. The lowest BCUT2D eigenvalue weighted by molar-refractivity contribution is -0.156. The Morgan fingerprint density at radius 2 is 1.10 bits per heavy atom. The van der Waals surface area contributed by atoms with Gasteiger partial charge >= 0.3 is 6.18 Å². The molecule has 0 aromatic carbocycles. The third kappa shape index (κ3) is 4.66. The summed E-state index contributed by atoms with van der Waals surface area (Å²) in [5.74, 6) is 1.97. The van der Waals surface area contributed by atoms with Crippen LogP contribution < -0.4 is 0 Å². The number of halogens is 3. The van der Waals surface area contributed by atoms with Crippen LogP contribution in [0.15, 0.2) is 0 Å². The Morgan fingerprint density at radius 1 is 0.750 bits per heavy atom. The van der Waals surface area contributed by atoms with E-state index in [0.717, 1.165) is 51.4 Å². The minimum absolute atomic E-state index is 0.102. The molecule has 0 radical (unpaired) electrons. The maximum absolute atomic E-state index is 13.0. The van der Waals surface area contributed by atoms with E-state index in [4.69, 9.17) is 0 Å². The molecule has 2 aliphatic carbocycles. The molecule has 3 heteroatoms. The number of alkyl halides is 3. The van der Waals surface area contributed by atoms with Gasteiger partial charge in [0.2, 0.25) is 0 Å². The highest BCUT2D eigenvalue weighted by atomic mass is 19.4. The van der Waals surface area contributed by atoms with Crippen molar-refractivity contribution < 1.29 is 13.2 Å². The maximum atomic E-state index is 13.0. The highest BCUT2D eigenvalue weighted by molar-refractivity contribution is 4.85. The van der Waals surface area contributed by atoms with Crippen LogP contribution in [-0.2, 0) is 0 Å². The highest BCUT2D eigenvalue weighted by Crippen LogP contribution is 2.46. The molecule has 2 aliphatic rings. The third-order valence-corrected chi connectivity index (χ3v) is 5.80. The van der Waals surface area contributed by atoms with Gasteiger partial charge in [-0.2, -0.15) is 13.2 Å². The van der Waals surface area contributed by atoms with Crippen molar-refractivity contribution in [2.75, 3.05) is 0 Å². The standard InChI is InChI=1S/C17H29F3/c1-12-3-7-14(8-4-12)16(11-17(18,19)20)15-9-5-13(2)6-10-15/h12-16H,3-11H2,1-2H3. The summed E-state index contributed by atoms with van der Waals surface area (Å²) in [6.45, 7) is 4.47. The molecule has 0 aliphatic heterocycles. The van der Waals surface area contributed by atoms with Gasteiger partial charge in [-0.15, -0.1) is 0 Å². The Kier molecular flexibility index (Phi) is 5.42. The zero-order chi connectivity index (χ0) is 14.8. The number of rotatable bonds is 3. The molecule has 2 fully saturated rings. The lowest BCUT2D eigenvalue weighted by Gasteiger charge is -2.40. The van der Waals surface area contributed by atoms with Crippen molar-refractivity contribution in [1.29, 1.82) is 0 Å². The van der Waals surface area contributed by atoms with Crippen LogP contribution in [0.5, 0.6) is 0 Å². The van der Waals surface area contributed by atoms with Crippen molar-refractivity contribution in [1.82, 2.24) is 0 Å². The van der Waals surface area contributed by atoms with Gasteiger partial charge in [0.25, 0.3) is 0 Å². The monoisotopic (exact) mass is 290 g/mol. The Bertz CT molecular complexity index is 259. The van der Waals surface area contributed by atoms with Gasteiger partial charge in [0.1, 0.15) is 0 Å². The molecule has 0 aromatic heterocycles. The van der Waals surface area contributed by atoms with Crippen molar-refractivity contribution >= 4 is 0 Å². The van der Waals surface area contributed by atoms with Gasteiger partial charge in [-0.25, -0.2) is 0 Å². The summed E-state index contributed by atoms with van der Waals surface area (Å²) in [5, 5.41) is 0. The second-order valence-corrected chi connectivity index (χ2v) is 7.52. The van der Waals surface area contributed by atoms with E-state index in [1.807, 2.05) is 0 Å². The van der Waals surface area contributed by atoms with Gasteiger partial charge in [-0.1, -0.05) is 39.5 Å². The average molecular weight is 290 g/mol. The van der Waals surface area contributed by atoms with E-state index in [1.165, 1.54) is 0 Å². The molecule has 0 amide bonds. The summed E-state index contributed by atoms with van der Waals surface area (Å²) in [6, 6.07) is 0. The Morgan fingerprint density at radius 3 is 1.40 bits per heavy atom. The van der Waals surface area contributed by atoms with Gasteiger partial charge < -0.3 is 0 Å². The fraction of sp³-hybridized carbons (Fsp3) is 1.00. The van der Waals surface area contributed by atoms with Crippen molar-refractivity contribution in [2.24, 2.45) is 29.6 Å². The van der Waals surface area contributed by atoms with Crippen LogP contribution in [0, 0.1) is 29.6 Å². The molecule has 0 bridgehead atoms. The predicted octanol–water partition coefficient (Wildman–Crippen LogP) is 6.21. The molecule has 0 N–H and O–H groups in total. The first-order valence-corrected chi connectivity index (χ1v) is 8.42. The zero-order valence-corrected chi connectivity index (χ0v) is 12.9. The first kappa shape index (κ1) is 16.2. The van der Waals surface area contributed by atoms with E-state index in [2.05, 4.69) is 13.8 Å². The fourth-order valence-corrected chi connectivity index (χ4v) is 4.41. The summed E-state index contributed by atoms with van der Waals surface area (Å²) in [4.78, 5) is 0. The topological polar surface area (TPSA) is 0 Å². The maximum Gasteiger partial charge on any atom is 0.389 e. The van der Waals surface area contributed by atoms with E-state index in [0.29, 0.717) is 23.7 Å². The lowest BCUT2D eigenvalue weighted by atomic mass is 9.66. The molecule has 0 heterocycles. The van der Waals surface area contributed by atoms with Crippen LogP contribution in [0.4, 0.5) is 13.2 Å². The second-order valence-electron chi connectivity index (χ2n) is 7.52. The molecular formula is C17H29F3. The molecule has 0 atom stereocenters. The van der Waals surface area contributed by atoms with Crippen LogP contribution in [-0.4, -0.2) is 6.18 Å². The zero-order valence-electron chi connectivity index (χ0n) is 12.9. The van der Waals surface area contributed by atoms with E-state index in [-0.39, 0.29) is 5.92 Å². The molecule has 0 nitrogen and oxygen atoms in total. The molecule has 118 valence electrons. The molecule has 0 aromatic rings. The predicted molar refractivity (Wildman–Crippen MR) is 76.4 cm³/mol. The van der Waals surface area contributed by atoms with E-state index in [9.17, 15) is 13.2 Å². The molecular weight excluding hydrogens is 261 g/mol. The smallest absolute Gasteiger partial charge is 0.171 e. The summed E-state index contributed by atoms with van der Waals surface area (Å²) >= 11 is 0.